The van der Waals surface area contributed by atoms with Gasteiger partial charge in [0.1, 0.15) is 11.6 Å². The van der Waals surface area contributed by atoms with Crippen LogP contribution in [0.1, 0.15) is 30.9 Å². The van der Waals surface area contributed by atoms with Crippen molar-refractivity contribution in [3.63, 3.8) is 0 Å². The van der Waals surface area contributed by atoms with Crippen molar-refractivity contribution >= 4 is 15.9 Å². The predicted molar refractivity (Wildman–Crippen MR) is 56.4 cm³/mol. The van der Waals surface area contributed by atoms with Gasteiger partial charge in [0.05, 0.1) is 11.7 Å². The zero-order chi connectivity index (χ0) is 11.0. The molecule has 1 nitrogen and oxygen atoms in total. The van der Waals surface area contributed by atoms with Crippen LogP contribution in [-0.2, 0) is 0 Å². The van der Waals surface area contributed by atoms with E-state index in [1.807, 2.05) is 0 Å². The fraction of sp³-hybridized carbons (Fsp3) is 0.455. The Kier molecular flexibility index (Phi) is 3.07. The second-order valence-corrected chi connectivity index (χ2v) is 4.83. The van der Waals surface area contributed by atoms with Crippen LogP contribution in [0, 0.1) is 17.6 Å². The summed E-state index contributed by atoms with van der Waals surface area (Å²) in [5, 5.41) is 9.80. The van der Waals surface area contributed by atoms with Gasteiger partial charge in [-0.05, 0) is 30.9 Å². The maximum atomic E-state index is 13.5. The Labute approximate surface area is 95.2 Å². The van der Waals surface area contributed by atoms with Crippen molar-refractivity contribution in [2.45, 2.75) is 25.4 Å². The predicted octanol–water partition coefficient (Wildman–Crippen LogP) is 3.56. The fourth-order valence-electron chi connectivity index (χ4n) is 1.83. The Hall–Kier alpha value is -0.480. The zero-order valence-corrected chi connectivity index (χ0v) is 9.60. The highest BCUT2D eigenvalue weighted by molar-refractivity contribution is 9.10. The molecule has 0 bridgehead atoms. The Morgan fingerprint density at radius 3 is 2.20 bits per heavy atom. The first-order valence-corrected chi connectivity index (χ1v) is 5.71. The van der Waals surface area contributed by atoms with Crippen LogP contribution < -0.4 is 0 Å². The molecule has 1 aromatic carbocycles. The molecule has 0 aromatic heterocycles. The first-order chi connectivity index (χ1) is 7.09. The molecule has 4 heteroatoms. The molecule has 15 heavy (non-hydrogen) atoms. The second-order valence-electron chi connectivity index (χ2n) is 3.92. The molecule has 1 atom stereocenters. The molecule has 0 heterocycles. The van der Waals surface area contributed by atoms with Crippen LogP contribution in [-0.4, -0.2) is 5.11 Å². The first kappa shape index (κ1) is 11.0. The molecule has 0 radical (unpaired) electrons. The number of halogens is 3. The molecule has 0 spiro atoms. The lowest BCUT2D eigenvalue weighted by molar-refractivity contribution is 0.0561. The summed E-state index contributed by atoms with van der Waals surface area (Å²) in [6, 6.07) is 2.36. The first-order valence-electron chi connectivity index (χ1n) is 4.92. The zero-order valence-electron chi connectivity index (χ0n) is 8.01. The Bertz CT molecular complexity index is 354. The Morgan fingerprint density at radius 2 is 1.80 bits per heavy atom. The van der Waals surface area contributed by atoms with Crippen LogP contribution in [0.2, 0.25) is 0 Å². The van der Waals surface area contributed by atoms with Crippen LogP contribution >= 0.6 is 15.9 Å². The third-order valence-corrected chi connectivity index (χ3v) is 3.39. The molecule has 1 aromatic rings. The van der Waals surface area contributed by atoms with Crippen LogP contribution in [0.25, 0.3) is 0 Å². The summed E-state index contributed by atoms with van der Waals surface area (Å²) in [7, 11) is 0. The minimum Gasteiger partial charge on any atom is -0.388 e. The minimum absolute atomic E-state index is 0.00942. The number of benzene rings is 1. The van der Waals surface area contributed by atoms with Crippen LogP contribution in [0.5, 0.6) is 0 Å². The molecule has 82 valence electrons. The van der Waals surface area contributed by atoms with Crippen LogP contribution in [0.3, 0.4) is 0 Å². The lowest BCUT2D eigenvalue weighted by atomic mass is 9.78. The smallest absolute Gasteiger partial charge is 0.133 e. The molecule has 1 N–H and O–H groups in total. The lowest BCUT2D eigenvalue weighted by Crippen LogP contribution is -2.21. The van der Waals surface area contributed by atoms with Crippen molar-refractivity contribution in [2.75, 3.05) is 0 Å². The molecular weight excluding hydrogens is 266 g/mol. The van der Waals surface area contributed by atoms with Crippen molar-refractivity contribution in [1.82, 2.24) is 0 Å². The number of rotatable bonds is 2. The van der Waals surface area contributed by atoms with E-state index in [4.69, 9.17) is 0 Å². The molecule has 0 amide bonds. The third-order valence-electron chi connectivity index (χ3n) is 2.94. The number of hydrogen-bond acceptors (Lipinski definition) is 1. The molecule has 1 saturated carbocycles. The average Bonchev–Trinajstić information content (AvgIpc) is 1.97. The van der Waals surface area contributed by atoms with E-state index in [0.717, 1.165) is 19.3 Å². The van der Waals surface area contributed by atoms with Gasteiger partial charge in [-0.25, -0.2) is 8.78 Å². The van der Waals surface area contributed by atoms with E-state index in [2.05, 4.69) is 15.9 Å². The van der Waals surface area contributed by atoms with Crippen LogP contribution in [0.15, 0.2) is 16.6 Å². The van der Waals surface area contributed by atoms with Gasteiger partial charge in [0.25, 0.3) is 0 Å². The van der Waals surface area contributed by atoms with E-state index in [1.54, 1.807) is 0 Å². The Balaban J connectivity index is 2.33. The number of hydrogen-bond donors (Lipinski definition) is 1. The normalized spacial score (nSPS) is 18.7. The molecule has 1 aliphatic rings. The number of aliphatic hydroxyl groups excluding tert-OH is 1. The molecule has 1 fully saturated rings. The summed E-state index contributed by atoms with van der Waals surface area (Å²) in [6.07, 6.45) is 1.71. The van der Waals surface area contributed by atoms with Crippen molar-refractivity contribution in [3.05, 3.63) is 33.8 Å². The van der Waals surface area contributed by atoms with Crippen LogP contribution in [0.4, 0.5) is 8.78 Å². The topological polar surface area (TPSA) is 20.2 Å². The molecule has 2 rings (SSSR count). The summed E-state index contributed by atoms with van der Waals surface area (Å²) in [5.74, 6) is -1.35. The highest BCUT2D eigenvalue weighted by Crippen LogP contribution is 2.39. The van der Waals surface area contributed by atoms with Gasteiger partial charge in [-0.1, -0.05) is 22.4 Å². The number of aliphatic hydroxyl groups is 1. The molecular formula is C11H11BrF2O. The van der Waals surface area contributed by atoms with Crippen molar-refractivity contribution in [3.8, 4) is 0 Å². The van der Waals surface area contributed by atoms with Gasteiger partial charge in [0, 0.05) is 4.47 Å². The lowest BCUT2D eigenvalue weighted by Gasteiger charge is -2.30. The quantitative estimate of drug-likeness (QED) is 0.876. The van der Waals surface area contributed by atoms with Gasteiger partial charge >= 0.3 is 0 Å². The summed E-state index contributed by atoms with van der Waals surface area (Å²) < 4.78 is 27.3. The van der Waals surface area contributed by atoms with E-state index in [9.17, 15) is 13.9 Å². The van der Waals surface area contributed by atoms with Gasteiger partial charge in [-0.3, -0.25) is 0 Å². The summed E-state index contributed by atoms with van der Waals surface area (Å²) >= 11 is 3.00. The van der Waals surface area contributed by atoms with Gasteiger partial charge in [-0.15, -0.1) is 0 Å². The highest BCUT2D eigenvalue weighted by atomic mass is 79.9. The fourth-order valence-corrected chi connectivity index (χ4v) is 2.23. The summed E-state index contributed by atoms with van der Waals surface area (Å²) in [6.45, 7) is 0. The largest absolute Gasteiger partial charge is 0.388 e. The maximum Gasteiger partial charge on any atom is 0.133 e. The van der Waals surface area contributed by atoms with Gasteiger partial charge < -0.3 is 5.11 Å². The highest BCUT2D eigenvalue weighted by Gasteiger charge is 2.30. The third kappa shape index (κ3) is 2.06. The molecule has 0 aliphatic heterocycles. The van der Waals surface area contributed by atoms with E-state index in [0.29, 0.717) is 4.47 Å². The molecule has 1 unspecified atom stereocenters. The van der Waals surface area contributed by atoms with E-state index in [1.165, 1.54) is 12.1 Å². The maximum absolute atomic E-state index is 13.5. The molecule has 1 aliphatic carbocycles. The minimum atomic E-state index is -1.01. The van der Waals surface area contributed by atoms with Crippen molar-refractivity contribution in [2.24, 2.45) is 5.92 Å². The SMILES string of the molecule is OC(c1c(F)cc(Br)cc1F)C1CCC1. The Morgan fingerprint density at radius 1 is 1.27 bits per heavy atom. The monoisotopic (exact) mass is 276 g/mol. The van der Waals surface area contributed by atoms with Gasteiger partial charge in [-0.2, -0.15) is 0 Å². The average molecular weight is 277 g/mol. The van der Waals surface area contributed by atoms with Gasteiger partial charge in [0.15, 0.2) is 0 Å². The standard InChI is InChI=1S/C11H11BrF2O/c12-7-4-8(13)10(9(14)5-7)11(15)6-2-1-3-6/h4-6,11,15H,1-3H2. The second kappa shape index (κ2) is 4.18. The van der Waals surface area contributed by atoms with Crippen molar-refractivity contribution < 1.29 is 13.9 Å². The summed E-state index contributed by atoms with van der Waals surface area (Å²) in [5.41, 5.74) is -0.192. The van der Waals surface area contributed by atoms with E-state index >= 15 is 0 Å². The van der Waals surface area contributed by atoms with E-state index in [-0.39, 0.29) is 11.5 Å². The van der Waals surface area contributed by atoms with Crippen molar-refractivity contribution in [1.29, 1.82) is 0 Å². The molecule has 0 saturated heterocycles. The van der Waals surface area contributed by atoms with E-state index < -0.39 is 17.7 Å². The van der Waals surface area contributed by atoms with Gasteiger partial charge in [0.2, 0.25) is 0 Å². The summed E-state index contributed by atoms with van der Waals surface area (Å²) in [4.78, 5) is 0.